The summed E-state index contributed by atoms with van der Waals surface area (Å²) in [6.45, 7) is 0. The van der Waals surface area contributed by atoms with E-state index in [0.29, 0.717) is 0 Å². The molecule has 3 aromatic rings. The maximum Gasteiger partial charge on any atom is 0.373 e. The van der Waals surface area contributed by atoms with Gasteiger partial charge in [0, 0.05) is 34.2 Å². The molecule has 2 aromatic carbocycles. The molecule has 0 bridgehead atoms. The Morgan fingerprint density at radius 3 is 2.52 bits per heavy atom. The second-order valence-electron chi connectivity index (χ2n) is 4.77. The molecule has 1 aliphatic heterocycles. The van der Waals surface area contributed by atoms with E-state index < -0.39 is 0 Å². The second-order valence-corrected chi connectivity index (χ2v) is 5.79. The van der Waals surface area contributed by atoms with Crippen LogP contribution >= 0.6 is 11.8 Å². The molecule has 0 radical (unpaired) electrons. The van der Waals surface area contributed by atoms with E-state index in [0.717, 1.165) is 5.75 Å². The lowest BCUT2D eigenvalue weighted by molar-refractivity contribution is -0.191. The SMILES string of the molecule is Cn1c2c(c3ccccc31)CSc1ccccc1-2.O=C=O. The number of aryl methyl sites for hydroxylation is 1. The predicted molar refractivity (Wildman–Crippen MR) is 82.9 cm³/mol. The van der Waals surface area contributed by atoms with Gasteiger partial charge in [-0.25, -0.2) is 0 Å². The molecular formula is C17H13NO2S. The van der Waals surface area contributed by atoms with Crippen LogP contribution in [-0.4, -0.2) is 10.7 Å². The molecule has 1 aromatic heterocycles. The summed E-state index contributed by atoms with van der Waals surface area (Å²) in [4.78, 5) is 17.6. The first-order chi connectivity index (χ1) is 10.3. The minimum Gasteiger partial charge on any atom is -0.343 e. The fourth-order valence-corrected chi connectivity index (χ4v) is 3.99. The van der Waals surface area contributed by atoms with Crippen LogP contribution in [0.15, 0.2) is 53.4 Å². The highest BCUT2D eigenvalue weighted by molar-refractivity contribution is 7.98. The molecule has 0 spiro atoms. The number of rotatable bonds is 0. The first kappa shape index (κ1) is 13.7. The number of carbonyl (C=O) groups excluding carboxylic acids is 2. The predicted octanol–water partition coefficient (Wildman–Crippen LogP) is 3.87. The summed E-state index contributed by atoms with van der Waals surface area (Å²) in [5.74, 6) is 1.08. The van der Waals surface area contributed by atoms with Crippen LogP contribution in [0.4, 0.5) is 0 Å². The normalized spacial score (nSPS) is 11.9. The van der Waals surface area contributed by atoms with E-state index in [1.165, 1.54) is 32.6 Å². The van der Waals surface area contributed by atoms with Crippen molar-refractivity contribution in [1.29, 1.82) is 0 Å². The van der Waals surface area contributed by atoms with Crippen molar-refractivity contribution in [3.63, 3.8) is 0 Å². The third kappa shape index (κ3) is 2.19. The van der Waals surface area contributed by atoms with Crippen molar-refractivity contribution in [2.24, 2.45) is 7.05 Å². The van der Waals surface area contributed by atoms with Gasteiger partial charge in [0.15, 0.2) is 0 Å². The Bertz CT molecular complexity index is 845. The van der Waals surface area contributed by atoms with Gasteiger partial charge >= 0.3 is 6.15 Å². The van der Waals surface area contributed by atoms with Crippen LogP contribution < -0.4 is 0 Å². The molecule has 0 fully saturated rings. The van der Waals surface area contributed by atoms with Crippen molar-refractivity contribution >= 4 is 28.8 Å². The van der Waals surface area contributed by atoms with Gasteiger partial charge in [0.05, 0.1) is 5.69 Å². The first-order valence-corrected chi connectivity index (χ1v) is 7.54. The lowest BCUT2D eigenvalue weighted by Gasteiger charge is -2.17. The molecule has 0 atom stereocenters. The number of hydrogen-bond donors (Lipinski definition) is 0. The molecule has 0 N–H and O–H groups in total. The van der Waals surface area contributed by atoms with Crippen LogP contribution in [0.5, 0.6) is 0 Å². The van der Waals surface area contributed by atoms with Crippen LogP contribution in [0.25, 0.3) is 22.2 Å². The zero-order valence-corrected chi connectivity index (χ0v) is 12.3. The summed E-state index contributed by atoms with van der Waals surface area (Å²) in [5, 5.41) is 1.40. The smallest absolute Gasteiger partial charge is 0.343 e. The number of aromatic nitrogens is 1. The van der Waals surface area contributed by atoms with Gasteiger partial charge in [-0.2, -0.15) is 9.59 Å². The second kappa shape index (κ2) is 5.60. The van der Waals surface area contributed by atoms with Gasteiger partial charge in [-0.05, 0) is 17.7 Å². The highest BCUT2D eigenvalue weighted by atomic mass is 32.2. The van der Waals surface area contributed by atoms with Crippen LogP contribution in [0, 0.1) is 0 Å². The zero-order chi connectivity index (χ0) is 14.8. The molecule has 1 aliphatic rings. The third-order valence-corrected chi connectivity index (χ3v) is 4.83. The Labute approximate surface area is 126 Å². The minimum absolute atomic E-state index is 0.250. The van der Waals surface area contributed by atoms with E-state index in [1.54, 1.807) is 0 Å². The third-order valence-electron chi connectivity index (χ3n) is 3.73. The Hall–Kier alpha value is -2.29. The molecule has 2 heterocycles. The highest BCUT2D eigenvalue weighted by Gasteiger charge is 2.22. The fourth-order valence-electron chi connectivity index (χ4n) is 2.90. The van der Waals surface area contributed by atoms with Crippen molar-refractivity contribution in [3.05, 3.63) is 54.1 Å². The standard InChI is InChI=1S/C16H13NS.CO2/c1-17-14-8-4-2-6-11(14)13-10-18-15-9-5-3-7-12(15)16(13)17;2-1-3/h2-9H,10H2,1H3;. The molecule has 0 aliphatic carbocycles. The van der Waals surface area contributed by atoms with E-state index >= 15 is 0 Å². The van der Waals surface area contributed by atoms with E-state index in [4.69, 9.17) is 9.59 Å². The molecule has 0 amide bonds. The summed E-state index contributed by atoms with van der Waals surface area (Å²) in [6, 6.07) is 17.4. The van der Waals surface area contributed by atoms with Crippen molar-refractivity contribution in [3.8, 4) is 11.3 Å². The van der Waals surface area contributed by atoms with E-state index in [2.05, 4.69) is 60.1 Å². The molecule has 21 heavy (non-hydrogen) atoms. The van der Waals surface area contributed by atoms with E-state index in [1.807, 2.05) is 11.8 Å². The fraction of sp³-hybridized carbons (Fsp3) is 0.118. The Morgan fingerprint density at radius 1 is 1.05 bits per heavy atom. The van der Waals surface area contributed by atoms with E-state index in [9.17, 15) is 0 Å². The first-order valence-electron chi connectivity index (χ1n) is 6.55. The molecule has 0 saturated heterocycles. The summed E-state index contributed by atoms with van der Waals surface area (Å²) >= 11 is 1.95. The monoisotopic (exact) mass is 295 g/mol. The average molecular weight is 295 g/mol. The summed E-state index contributed by atoms with van der Waals surface area (Å²) in [5.41, 5.74) is 5.59. The van der Waals surface area contributed by atoms with Crippen molar-refractivity contribution in [1.82, 2.24) is 4.57 Å². The van der Waals surface area contributed by atoms with Gasteiger partial charge in [-0.15, -0.1) is 11.8 Å². The molecule has 3 nitrogen and oxygen atoms in total. The maximum atomic E-state index is 8.12. The van der Waals surface area contributed by atoms with Crippen LogP contribution in [0.3, 0.4) is 0 Å². The van der Waals surface area contributed by atoms with Crippen LogP contribution in [0.2, 0.25) is 0 Å². The molecule has 4 heteroatoms. The van der Waals surface area contributed by atoms with Gasteiger partial charge in [-0.3, -0.25) is 0 Å². The molecule has 0 unspecified atom stereocenters. The van der Waals surface area contributed by atoms with Crippen LogP contribution in [-0.2, 0) is 22.4 Å². The summed E-state index contributed by atoms with van der Waals surface area (Å²) in [7, 11) is 2.17. The lowest BCUT2D eigenvalue weighted by Crippen LogP contribution is -1.98. The number of para-hydroxylation sites is 1. The number of hydrogen-bond acceptors (Lipinski definition) is 3. The largest absolute Gasteiger partial charge is 0.373 e. The number of fused-ring (bicyclic) bond motifs is 5. The van der Waals surface area contributed by atoms with Gasteiger partial charge in [-0.1, -0.05) is 36.4 Å². The number of thioether (sulfide) groups is 1. The average Bonchev–Trinajstić information content (AvgIpc) is 2.82. The molecule has 0 saturated carbocycles. The van der Waals surface area contributed by atoms with Crippen molar-refractivity contribution < 1.29 is 9.59 Å². The quantitative estimate of drug-likeness (QED) is 0.632. The molecular weight excluding hydrogens is 282 g/mol. The summed E-state index contributed by atoms with van der Waals surface area (Å²) < 4.78 is 2.34. The Kier molecular flexibility index (Phi) is 3.65. The minimum atomic E-state index is 0.250. The molecule has 4 rings (SSSR count). The lowest BCUT2D eigenvalue weighted by atomic mass is 10.1. The number of benzene rings is 2. The van der Waals surface area contributed by atoms with Gasteiger partial charge < -0.3 is 4.57 Å². The topological polar surface area (TPSA) is 39.1 Å². The van der Waals surface area contributed by atoms with Crippen LogP contribution in [0.1, 0.15) is 5.56 Å². The van der Waals surface area contributed by atoms with Crippen molar-refractivity contribution in [2.75, 3.05) is 0 Å². The highest BCUT2D eigenvalue weighted by Crippen LogP contribution is 2.45. The zero-order valence-electron chi connectivity index (χ0n) is 11.5. The van der Waals surface area contributed by atoms with Gasteiger partial charge in [0.25, 0.3) is 0 Å². The van der Waals surface area contributed by atoms with Gasteiger partial charge in [0.1, 0.15) is 0 Å². The Balaban J connectivity index is 0.000000409. The maximum absolute atomic E-state index is 8.12. The van der Waals surface area contributed by atoms with E-state index in [-0.39, 0.29) is 6.15 Å². The van der Waals surface area contributed by atoms with Crippen molar-refractivity contribution in [2.45, 2.75) is 10.6 Å². The number of nitrogens with zero attached hydrogens (tertiary/aromatic N) is 1. The summed E-state index contributed by atoms with van der Waals surface area (Å²) in [6.07, 6.45) is 0.250. The molecule has 104 valence electrons. The Morgan fingerprint density at radius 2 is 1.71 bits per heavy atom. The van der Waals surface area contributed by atoms with Gasteiger partial charge in [0.2, 0.25) is 0 Å².